The smallest absolute Gasteiger partial charge is 0.230 e. The Bertz CT molecular complexity index is 722. The number of ether oxygens (including phenoxy) is 1. The number of hydrogen-bond acceptors (Lipinski definition) is 6. The van der Waals surface area contributed by atoms with E-state index < -0.39 is 0 Å². The first-order valence-electron chi connectivity index (χ1n) is 7.76. The molecule has 25 heavy (non-hydrogen) atoms. The molecule has 1 heterocycles. The van der Waals surface area contributed by atoms with Gasteiger partial charge in [0.05, 0.1) is 12.9 Å². The number of rotatable bonds is 8. The van der Waals surface area contributed by atoms with E-state index >= 15 is 0 Å². The summed E-state index contributed by atoms with van der Waals surface area (Å²) in [5.41, 5.74) is 0.966. The van der Waals surface area contributed by atoms with Crippen LogP contribution in [-0.2, 0) is 16.1 Å². The monoisotopic (exact) mass is 360 g/mol. The molecule has 2 rings (SSSR count). The lowest BCUT2D eigenvalue weighted by atomic mass is 10.2. The van der Waals surface area contributed by atoms with Gasteiger partial charge in [0.2, 0.25) is 11.8 Å². The van der Waals surface area contributed by atoms with Gasteiger partial charge < -0.3 is 15.4 Å². The van der Waals surface area contributed by atoms with Crippen LogP contribution in [0.25, 0.3) is 0 Å². The van der Waals surface area contributed by atoms with Crippen LogP contribution in [-0.4, -0.2) is 34.9 Å². The fraction of sp³-hybridized carbons (Fsp3) is 0.294. The Labute approximate surface area is 150 Å². The third-order valence-electron chi connectivity index (χ3n) is 3.20. The van der Waals surface area contributed by atoms with Crippen molar-refractivity contribution in [2.24, 2.45) is 0 Å². The Kier molecular flexibility index (Phi) is 7.21. The number of hydrogen-bond donors (Lipinski definition) is 2. The van der Waals surface area contributed by atoms with E-state index in [-0.39, 0.29) is 17.6 Å². The number of carbonyl (C=O) groups is 2. The van der Waals surface area contributed by atoms with E-state index in [2.05, 4.69) is 20.8 Å². The van der Waals surface area contributed by atoms with E-state index in [1.165, 1.54) is 11.8 Å². The molecule has 8 heteroatoms. The Morgan fingerprint density at radius 1 is 1.16 bits per heavy atom. The highest BCUT2D eigenvalue weighted by Crippen LogP contribution is 2.16. The number of amides is 2. The van der Waals surface area contributed by atoms with Gasteiger partial charge in [0.1, 0.15) is 10.8 Å². The zero-order valence-corrected chi connectivity index (χ0v) is 14.9. The van der Waals surface area contributed by atoms with Gasteiger partial charge in [0, 0.05) is 13.0 Å². The second kappa shape index (κ2) is 9.63. The van der Waals surface area contributed by atoms with Gasteiger partial charge >= 0.3 is 0 Å². The zero-order chi connectivity index (χ0) is 18.1. The summed E-state index contributed by atoms with van der Waals surface area (Å²) in [4.78, 5) is 23.2. The van der Waals surface area contributed by atoms with E-state index in [9.17, 15) is 9.59 Å². The first-order valence-corrected chi connectivity index (χ1v) is 8.75. The quantitative estimate of drug-likeness (QED) is 0.701. The zero-order valence-electron chi connectivity index (χ0n) is 14.1. The van der Waals surface area contributed by atoms with Crippen LogP contribution in [0.5, 0.6) is 5.75 Å². The van der Waals surface area contributed by atoms with E-state index in [4.69, 9.17) is 4.74 Å². The Balaban J connectivity index is 1.76. The van der Waals surface area contributed by atoms with Crippen LogP contribution in [0.1, 0.15) is 18.9 Å². The number of nitrogens with one attached hydrogen (secondary N) is 2. The molecular formula is C17H20N4O3S. The number of nitrogens with zero attached hydrogens (tertiary/aromatic N) is 2. The number of thioether (sulfide) groups is 1. The molecule has 0 aliphatic heterocycles. The summed E-state index contributed by atoms with van der Waals surface area (Å²) >= 11 is 1.28. The van der Waals surface area contributed by atoms with Crippen molar-refractivity contribution in [3.8, 4) is 5.75 Å². The van der Waals surface area contributed by atoms with Gasteiger partial charge in [-0.2, -0.15) is 0 Å². The summed E-state index contributed by atoms with van der Waals surface area (Å²) in [5, 5.41) is 14.0. The average Bonchev–Trinajstić information content (AvgIpc) is 2.65. The van der Waals surface area contributed by atoms with Gasteiger partial charge in [-0.25, -0.2) is 0 Å². The van der Waals surface area contributed by atoms with Crippen molar-refractivity contribution in [1.82, 2.24) is 15.5 Å². The van der Waals surface area contributed by atoms with Crippen LogP contribution >= 0.6 is 11.8 Å². The van der Waals surface area contributed by atoms with Crippen molar-refractivity contribution in [3.05, 3.63) is 42.0 Å². The lowest BCUT2D eigenvalue weighted by Crippen LogP contribution is -2.24. The van der Waals surface area contributed by atoms with Gasteiger partial charge in [-0.1, -0.05) is 30.8 Å². The minimum absolute atomic E-state index is 0.0991. The van der Waals surface area contributed by atoms with Crippen LogP contribution in [0.4, 0.5) is 5.82 Å². The molecule has 0 radical (unpaired) electrons. The van der Waals surface area contributed by atoms with Crippen molar-refractivity contribution < 1.29 is 14.3 Å². The van der Waals surface area contributed by atoms with Crippen molar-refractivity contribution in [2.75, 3.05) is 18.2 Å². The third kappa shape index (κ3) is 6.42. The molecule has 0 fully saturated rings. The van der Waals surface area contributed by atoms with Crippen LogP contribution in [0.2, 0.25) is 0 Å². The summed E-state index contributed by atoms with van der Waals surface area (Å²) in [6, 6.07) is 10.9. The Morgan fingerprint density at radius 3 is 2.68 bits per heavy atom. The minimum atomic E-state index is -0.119. The van der Waals surface area contributed by atoms with E-state index in [1.54, 1.807) is 26.2 Å². The molecule has 0 unspecified atom stereocenters. The summed E-state index contributed by atoms with van der Waals surface area (Å²) < 4.78 is 5.15. The first-order chi connectivity index (χ1) is 12.1. The summed E-state index contributed by atoms with van der Waals surface area (Å²) in [6.45, 7) is 2.20. The van der Waals surface area contributed by atoms with Crippen molar-refractivity contribution in [3.63, 3.8) is 0 Å². The lowest BCUT2D eigenvalue weighted by molar-refractivity contribution is -0.118. The molecule has 1 aromatic carbocycles. The highest BCUT2D eigenvalue weighted by Gasteiger charge is 2.06. The SMILES string of the molecule is CCC(=O)Nc1ccc(SCC(=O)NCc2cccc(OC)c2)nn1. The molecule has 7 nitrogen and oxygen atoms in total. The van der Waals surface area contributed by atoms with Crippen LogP contribution in [0, 0.1) is 0 Å². The van der Waals surface area contributed by atoms with Crippen LogP contribution in [0.15, 0.2) is 41.4 Å². The van der Waals surface area contributed by atoms with E-state index in [0.717, 1.165) is 11.3 Å². The molecule has 0 spiro atoms. The molecule has 132 valence electrons. The first kappa shape index (κ1) is 18.7. The van der Waals surface area contributed by atoms with Gasteiger partial charge in [0.15, 0.2) is 5.82 Å². The molecule has 1 aromatic heterocycles. The molecule has 2 aromatic rings. The molecule has 0 aliphatic carbocycles. The Morgan fingerprint density at radius 2 is 2.00 bits per heavy atom. The van der Waals surface area contributed by atoms with Gasteiger partial charge in [-0.3, -0.25) is 9.59 Å². The standard InChI is InChI=1S/C17H20N4O3S/c1-3-15(22)19-14-7-8-17(21-20-14)25-11-16(23)18-10-12-5-4-6-13(9-12)24-2/h4-9H,3,10-11H2,1-2H3,(H,18,23)(H,19,20,22). The number of anilines is 1. The van der Waals surface area contributed by atoms with E-state index in [0.29, 0.717) is 23.8 Å². The predicted molar refractivity (Wildman–Crippen MR) is 96.5 cm³/mol. The minimum Gasteiger partial charge on any atom is -0.497 e. The molecule has 0 saturated heterocycles. The van der Waals surface area contributed by atoms with Crippen molar-refractivity contribution in [2.45, 2.75) is 24.9 Å². The molecule has 0 atom stereocenters. The molecule has 0 bridgehead atoms. The second-order valence-electron chi connectivity index (χ2n) is 5.08. The molecule has 0 aliphatic rings. The number of carbonyl (C=O) groups excluding carboxylic acids is 2. The highest BCUT2D eigenvalue weighted by atomic mass is 32.2. The summed E-state index contributed by atoms with van der Waals surface area (Å²) in [7, 11) is 1.61. The third-order valence-corrected chi connectivity index (χ3v) is 4.12. The van der Waals surface area contributed by atoms with E-state index in [1.807, 2.05) is 24.3 Å². The number of benzene rings is 1. The molecule has 0 saturated carbocycles. The van der Waals surface area contributed by atoms with Crippen molar-refractivity contribution in [1.29, 1.82) is 0 Å². The Hall–Kier alpha value is -2.61. The summed E-state index contributed by atoms with van der Waals surface area (Å²) in [5.74, 6) is 1.18. The van der Waals surface area contributed by atoms with Gasteiger partial charge in [0.25, 0.3) is 0 Å². The predicted octanol–water partition coefficient (Wildman–Crippen LogP) is 2.24. The lowest BCUT2D eigenvalue weighted by Gasteiger charge is -2.07. The fourth-order valence-corrected chi connectivity index (χ4v) is 2.51. The second-order valence-corrected chi connectivity index (χ2v) is 6.07. The topological polar surface area (TPSA) is 93.2 Å². The molecular weight excluding hydrogens is 340 g/mol. The fourth-order valence-electron chi connectivity index (χ4n) is 1.87. The average molecular weight is 360 g/mol. The highest BCUT2D eigenvalue weighted by molar-refractivity contribution is 7.99. The van der Waals surface area contributed by atoms with Crippen molar-refractivity contribution >= 4 is 29.4 Å². The van der Waals surface area contributed by atoms with Crippen LogP contribution < -0.4 is 15.4 Å². The maximum atomic E-state index is 11.9. The number of aromatic nitrogens is 2. The molecule has 2 amide bonds. The molecule has 2 N–H and O–H groups in total. The summed E-state index contributed by atoms with van der Waals surface area (Å²) in [6.07, 6.45) is 0.381. The maximum absolute atomic E-state index is 11.9. The largest absolute Gasteiger partial charge is 0.497 e. The maximum Gasteiger partial charge on any atom is 0.230 e. The van der Waals surface area contributed by atoms with Gasteiger partial charge in [-0.15, -0.1) is 10.2 Å². The van der Waals surface area contributed by atoms with Gasteiger partial charge in [-0.05, 0) is 29.8 Å². The number of methoxy groups -OCH3 is 1. The normalized spacial score (nSPS) is 10.2. The van der Waals surface area contributed by atoms with Crippen LogP contribution in [0.3, 0.4) is 0 Å².